The van der Waals surface area contributed by atoms with E-state index < -0.39 is 0 Å². The van der Waals surface area contributed by atoms with Crippen LogP contribution in [0.3, 0.4) is 0 Å². The molecule has 4 nitrogen and oxygen atoms in total. The number of hydrogen-bond donors (Lipinski definition) is 2. The predicted octanol–water partition coefficient (Wildman–Crippen LogP) is 6.15. The number of amides is 1. The highest BCUT2D eigenvalue weighted by Gasteiger charge is 2.14. The van der Waals surface area contributed by atoms with Crippen molar-refractivity contribution in [3.8, 4) is 11.5 Å². The van der Waals surface area contributed by atoms with E-state index >= 15 is 0 Å². The van der Waals surface area contributed by atoms with Crippen molar-refractivity contribution in [2.45, 2.75) is 46.0 Å². The Kier molecular flexibility index (Phi) is 8.26. The molecule has 2 aromatic carbocycles. The van der Waals surface area contributed by atoms with E-state index in [9.17, 15) is 9.90 Å². The Labute approximate surface area is 170 Å². The quantitative estimate of drug-likeness (QED) is 0.385. The lowest BCUT2D eigenvalue weighted by Gasteiger charge is -2.12. The van der Waals surface area contributed by atoms with E-state index in [1.165, 1.54) is 30.9 Å². The normalized spacial score (nSPS) is 10.7. The second-order valence-electron chi connectivity index (χ2n) is 6.44. The molecule has 2 N–H and O–H groups in total. The summed E-state index contributed by atoms with van der Waals surface area (Å²) in [4.78, 5) is 12.1. The fourth-order valence-electron chi connectivity index (χ4n) is 2.61. The van der Waals surface area contributed by atoms with Crippen LogP contribution in [0.5, 0.6) is 11.5 Å². The number of unbranched alkanes of at least 4 members (excludes halogenated alkanes) is 2. The van der Waals surface area contributed by atoms with Crippen LogP contribution in [0.4, 0.5) is 5.69 Å². The Bertz CT molecular complexity index is 776. The van der Waals surface area contributed by atoms with E-state index in [0.29, 0.717) is 10.6 Å². The van der Waals surface area contributed by atoms with Crippen LogP contribution in [0.1, 0.15) is 43.7 Å². The molecule has 0 fully saturated rings. The summed E-state index contributed by atoms with van der Waals surface area (Å²) < 4.78 is 5.62. The highest BCUT2D eigenvalue weighted by atomic mass is 35.5. The fraction of sp³-hybridized carbons (Fsp3) is 0.381. The van der Waals surface area contributed by atoms with Crippen LogP contribution in [0.2, 0.25) is 10.0 Å². The molecular formula is C21H25Cl2NO3. The average molecular weight is 410 g/mol. The molecule has 0 aromatic heterocycles. The molecule has 6 heteroatoms. The molecule has 0 bridgehead atoms. The molecule has 146 valence electrons. The second-order valence-corrected chi connectivity index (χ2v) is 7.23. The molecule has 0 aliphatic rings. The first-order valence-corrected chi connectivity index (χ1v) is 9.87. The third kappa shape index (κ3) is 6.33. The van der Waals surface area contributed by atoms with Crippen LogP contribution in [0.15, 0.2) is 30.3 Å². The first kappa shape index (κ1) is 21.4. The molecule has 0 unspecified atom stereocenters. The van der Waals surface area contributed by atoms with E-state index in [0.717, 1.165) is 12.2 Å². The smallest absolute Gasteiger partial charge is 0.227 e. The largest absolute Gasteiger partial charge is 0.504 e. The fourth-order valence-corrected chi connectivity index (χ4v) is 3.06. The number of halogens is 2. The summed E-state index contributed by atoms with van der Waals surface area (Å²) in [5.74, 6) is 0.246. The Balaban J connectivity index is 1.81. The summed E-state index contributed by atoms with van der Waals surface area (Å²) in [7, 11) is 0. The first-order chi connectivity index (χ1) is 12.9. The highest BCUT2D eigenvalue weighted by molar-refractivity contribution is 6.37. The van der Waals surface area contributed by atoms with E-state index in [1.54, 1.807) is 6.92 Å². The van der Waals surface area contributed by atoms with E-state index in [-0.39, 0.29) is 35.4 Å². The van der Waals surface area contributed by atoms with Gasteiger partial charge in [0.2, 0.25) is 5.91 Å². The molecule has 1 amide bonds. The van der Waals surface area contributed by atoms with Crippen LogP contribution in [-0.2, 0) is 11.2 Å². The van der Waals surface area contributed by atoms with Crippen molar-refractivity contribution in [3.05, 3.63) is 51.5 Å². The summed E-state index contributed by atoms with van der Waals surface area (Å²) in [5, 5.41) is 13.1. The molecule has 0 saturated carbocycles. The lowest BCUT2D eigenvalue weighted by molar-refractivity contribution is -0.116. The van der Waals surface area contributed by atoms with Crippen molar-refractivity contribution in [1.82, 2.24) is 0 Å². The van der Waals surface area contributed by atoms with Gasteiger partial charge in [0.05, 0.1) is 23.7 Å². The van der Waals surface area contributed by atoms with Crippen LogP contribution in [-0.4, -0.2) is 17.6 Å². The van der Waals surface area contributed by atoms with Crippen molar-refractivity contribution < 1.29 is 14.6 Å². The summed E-state index contributed by atoms with van der Waals surface area (Å²) in [5.41, 5.74) is 2.05. The van der Waals surface area contributed by atoms with Crippen LogP contribution in [0, 0.1) is 6.92 Å². The molecule has 0 heterocycles. The maximum Gasteiger partial charge on any atom is 0.227 e. The van der Waals surface area contributed by atoms with Crippen LogP contribution in [0.25, 0.3) is 0 Å². The van der Waals surface area contributed by atoms with Gasteiger partial charge in [0, 0.05) is 5.02 Å². The van der Waals surface area contributed by atoms with Crippen molar-refractivity contribution >= 4 is 34.8 Å². The van der Waals surface area contributed by atoms with Gasteiger partial charge in [-0.1, -0.05) is 55.1 Å². The van der Waals surface area contributed by atoms with Gasteiger partial charge in [-0.2, -0.15) is 0 Å². The number of benzene rings is 2. The van der Waals surface area contributed by atoms with E-state index in [4.69, 9.17) is 27.9 Å². The van der Waals surface area contributed by atoms with Gasteiger partial charge in [0.15, 0.2) is 5.75 Å². The standard InChI is InChI=1S/C21H25Cl2NO3/c1-3-4-5-6-15-7-9-16(10-8-15)27-12-11-19(25)24-18-13-17(22)14(2)20(23)21(18)26/h7-10,13,26H,3-6,11-12H2,1-2H3,(H,24,25). The molecule has 0 atom stereocenters. The Hall–Kier alpha value is -1.91. The van der Waals surface area contributed by atoms with Gasteiger partial charge in [-0.05, 0) is 49.1 Å². The topological polar surface area (TPSA) is 58.6 Å². The number of nitrogens with one attached hydrogen (secondary N) is 1. The van der Waals surface area contributed by atoms with Gasteiger partial charge >= 0.3 is 0 Å². The lowest BCUT2D eigenvalue weighted by atomic mass is 10.1. The molecule has 0 aliphatic carbocycles. The highest BCUT2D eigenvalue weighted by Crippen LogP contribution is 2.38. The maximum absolute atomic E-state index is 12.1. The predicted molar refractivity (Wildman–Crippen MR) is 111 cm³/mol. The van der Waals surface area contributed by atoms with Crippen LogP contribution >= 0.6 is 23.2 Å². The van der Waals surface area contributed by atoms with Crippen molar-refractivity contribution in [2.75, 3.05) is 11.9 Å². The molecule has 2 rings (SSSR count). The van der Waals surface area contributed by atoms with E-state index in [2.05, 4.69) is 24.4 Å². The number of ether oxygens (including phenoxy) is 1. The Morgan fingerprint density at radius 1 is 1.19 bits per heavy atom. The summed E-state index contributed by atoms with van der Waals surface area (Å²) in [6, 6.07) is 9.43. The zero-order valence-electron chi connectivity index (χ0n) is 15.6. The van der Waals surface area contributed by atoms with Crippen molar-refractivity contribution in [2.24, 2.45) is 0 Å². The molecule has 0 saturated heterocycles. The Morgan fingerprint density at radius 3 is 2.56 bits per heavy atom. The number of phenolic OH excluding ortho intramolecular Hbond substituents is 1. The summed E-state index contributed by atoms with van der Waals surface area (Å²) >= 11 is 12.0. The third-order valence-electron chi connectivity index (χ3n) is 4.29. The molecular weight excluding hydrogens is 385 g/mol. The van der Waals surface area contributed by atoms with Gasteiger partial charge in [-0.3, -0.25) is 4.79 Å². The molecule has 0 spiro atoms. The third-order valence-corrected chi connectivity index (χ3v) is 5.14. The Morgan fingerprint density at radius 2 is 1.89 bits per heavy atom. The van der Waals surface area contributed by atoms with Crippen molar-refractivity contribution in [1.29, 1.82) is 0 Å². The van der Waals surface area contributed by atoms with Crippen LogP contribution < -0.4 is 10.1 Å². The lowest BCUT2D eigenvalue weighted by Crippen LogP contribution is -2.15. The van der Waals surface area contributed by atoms with Gasteiger partial charge in [0.1, 0.15) is 5.75 Å². The van der Waals surface area contributed by atoms with Gasteiger partial charge < -0.3 is 15.2 Å². The van der Waals surface area contributed by atoms with Gasteiger partial charge in [-0.15, -0.1) is 0 Å². The molecule has 27 heavy (non-hydrogen) atoms. The number of rotatable bonds is 9. The van der Waals surface area contributed by atoms with Gasteiger partial charge in [0.25, 0.3) is 0 Å². The summed E-state index contributed by atoms with van der Waals surface area (Å²) in [6.45, 7) is 4.12. The zero-order valence-corrected chi connectivity index (χ0v) is 17.2. The first-order valence-electron chi connectivity index (χ1n) is 9.11. The molecule has 0 radical (unpaired) electrons. The number of hydrogen-bond acceptors (Lipinski definition) is 3. The SMILES string of the molecule is CCCCCc1ccc(OCCC(=O)Nc2cc(Cl)c(C)c(Cl)c2O)cc1. The van der Waals surface area contributed by atoms with Gasteiger partial charge in [-0.25, -0.2) is 0 Å². The molecule has 2 aromatic rings. The molecule has 0 aliphatic heterocycles. The monoisotopic (exact) mass is 409 g/mol. The minimum Gasteiger partial charge on any atom is -0.504 e. The number of anilines is 1. The zero-order chi connectivity index (χ0) is 19.8. The average Bonchev–Trinajstić information content (AvgIpc) is 2.66. The number of aromatic hydroxyl groups is 1. The van der Waals surface area contributed by atoms with E-state index in [1.807, 2.05) is 12.1 Å². The number of phenols is 1. The maximum atomic E-state index is 12.1. The van der Waals surface area contributed by atoms with Crippen molar-refractivity contribution in [3.63, 3.8) is 0 Å². The number of carbonyl (C=O) groups is 1. The minimum atomic E-state index is -0.294. The second kappa shape index (κ2) is 10.4. The minimum absolute atomic E-state index is 0.132. The number of carbonyl (C=O) groups excluding carboxylic acids is 1. The summed E-state index contributed by atoms with van der Waals surface area (Å²) in [6.07, 6.45) is 4.85. The number of aryl methyl sites for hydroxylation is 1.